The predicted molar refractivity (Wildman–Crippen MR) is 72.1 cm³/mol. The van der Waals surface area contributed by atoms with Crippen LogP contribution in [-0.4, -0.2) is 36.3 Å². The van der Waals surface area contributed by atoms with Gasteiger partial charge < -0.3 is 10.2 Å². The largest absolute Gasteiger partial charge is 0.347 e. The molecule has 0 aliphatic carbocycles. The van der Waals surface area contributed by atoms with Gasteiger partial charge in [0.15, 0.2) is 0 Å². The van der Waals surface area contributed by atoms with Gasteiger partial charge in [-0.2, -0.15) is 0 Å². The maximum Gasteiger partial charge on any atom is 0.241 e. The zero-order valence-corrected chi connectivity index (χ0v) is 11.7. The van der Waals surface area contributed by atoms with Crippen LogP contribution in [0.5, 0.6) is 0 Å². The summed E-state index contributed by atoms with van der Waals surface area (Å²) in [5.41, 5.74) is 0. The summed E-state index contributed by atoms with van der Waals surface area (Å²) in [4.78, 5) is 25.6. The summed E-state index contributed by atoms with van der Waals surface area (Å²) in [5, 5.41) is 2.77. The molecule has 4 heteroatoms. The molecule has 0 spiro atoms. The van der Waals surface area contributed by atoms with Crippen molar-refractivity contribution in [3.05, 3.63) is 0 Å². The Labute approximate surface area is 110 Å². The van der Waals surface area contributed by atoms with E-state index in [0.29, 0.717) is 0 Å². The van der Waals surface area contributed by atoms with Crippen LogP contribution in [0.1, 0.15) is 52.4 Å². The summed E-state index contributed by atoms with van der Waals surface area (Å²) in [6.45, 7) is 5.86. The molecule has 0 radical (unpaired) electrons. The van der Waals surface area contributed by atoms with Crippen LogP contribution >= 0.6 is 0 Å². The number of hydrogen-bond acceptors (Lipinski definition) is 2. The van der Waals surface area contributed by atoms with E-state index in [1.165, 1.54) is 12.8 Å². The number of amides is 2. The summed E-state index contributed by atoms with van der Waals surface area (Å²) in [7, 11) is 0. The van der Waals surface area contributed by atoms with Crippen LogP contribution in [0.25, 0.3) is 0 Å². The minimum Gasteiger partial charge on any atom is -0.347 e. The lowest BCUT2D eigenvalue weighted by molar-refractivity contribution is -0.134. The molecule has 4 nitrogen and oxygen atoms in total. The highest BCUT2D eigenvalue weighted by atomic mass is 16.2. The first-order valence-electron chi connectivity index (χ1n) is 7.24. The monoisotopic (exact) mass is 254 g/mol. The Morgan fingerprint density at radius 1 is 1.06 bits per heavy atom. The summed E-state index contributed by atoms with van der Waals surface area (Å²) in [6, 6.07) is 0. The minimum atomic E-state index is 0.0168. The van der Waals surface area contributed by atoms with Gasteiger partial charge in [0.2, 0.25) is 11.8 Å². The Balaban J connectivity index is 2.33. The SMILES string of the molecule is CCC(CC)C(=O)NCC(=O)N1CCCCCC1. The molecule has 0 aromatic heterocycles. The fourth-order valence-corrected chi connectivity index (χ4v) is 2.40. The molecule has 1 heterocycles. The molecule has 1 rings (SSSR count). The third kappa shape index (κ3) is 4.67. The van der Waals surface area contributed by atoms with Crippen LogP contribution in [0.4, 0.5) is 0 Å². The Morgan fingerprint density at radius 2 is 1.61 bits per heavy atom. The van der Waals surface area contributed by atoms with Crippen molar-refractivity contribution in [1.29, 1.82) is 0 Å². The van der Waals surface area contributed by atoms with Crippen LogP contribution in [0.15, 0.2) is 0 Å². The lowest BCUT2D eigenvalue weighted by Crippen LogP contribution is -2.42. The molecule has 0 bridgehead atoms. The van der Waals surface area contributed by atoms with E-state index in [2.05, 4.69) is 5.32 Å². The molecule has 1 saturated heterocycles. The van der Waals surface area contributed by atoms with Gasteiger partial charge in [-0.1, -0.05) is 26.7 Å². The Bertz CT molecular complexity index is 267. The van der Waals surface area contributed by atoms with Gasteiger partial charge in [-0.3, -0.25) is 9.59 Å². The van der Waals surface area contributed by atoms with Crippen molar-refractivity contribution in [2.45, 2.75) is 52.4 Å². The Kier molecular flexibility index (Phi) is 6.76. The maximum absolute atomic E-state index is 12.0. The van der Waals surface area contributed by atoms with Gasteiger partial charge in [0.05, 0.1) is 6.54 Å². The third-order valence-corrected chi connectivity index (χ3v) is 3.73. The molecule has 104 valence electrons. The number of hydrogen-bond donors (Lipinski definition) is 1. The average Bonchev–Trinajstić information content (AvgIpc) is 2.66. The average molecular weight is 254 g/mol. The molecule has 1 aliphatic rings. The Hall–Kier alpha value is -1.06. The van der Waals surface area contributed by atoms with Crippen molar-refractivity contribution in [2.75, 3.05) is 19.6 Å². The normalized spacial score (nSPS) is 16.5. The molecule has 1 aliphatic heterocycles. The van der Waals surface area contributed by atoms with Gasteiger partial charge >= 0.3 is 0 Å². The van der Waals surface area contributed by atoms with Crippen molar-refractivity contribution in [3.8, 4) is 0 Å². The number of rotatable bonds is 5. The first-order chi connectivity index (χ1) is 8.69. The third-order valence-electron chi connectivity index (χ3n) is 3.73. The topological polar surface area (TPSA) is 49.4 Å². The number of likely N-dealkylation sites (tertiary alicyclic amines) is 1. The number of carbonyl (C=O) groups excluding carboxylic acids is 2. The second-order valence-corrected chi connectivity index (χ2v) is 5.03. The molecule has 0 atom stereocenters. The van der Waals surface area contributed by atoms with E-state index >= 15 is 0 Å². The van der Waals surface area contributed by atoms with Crippen LogP contribution < -0.4 is 5.32 Å². The van der Waals surface area contributed by atoms with Crippen LogP contribution in [0.2, 0.25) is 0 Å². The summed E-state index contributed by atoms with van der Waals surface area (Å²) >= 11 is 0. The predicted octanol–water partition coefficient (Wildman–Crippen LogP) is 1.94. The van der Waals surface area contributed by atoms with Gasteiger partial charge in [0.1, 0.15) is 0 Å². The second kappa shape index (κ2) is 8.11. The van der Waals surface area contributed by atoms with Gasteiger partial charge in [-0.25, -0.2) is 0 Å². The first kappa shape index (κ1) is 15.0. The maximum atomic E-state index is 12.0. The van der Waals surface area contributed by atoms with E-state index in [1.807, 2.05) is 18.7 Å². The molecule has 0 unspecified atom stereocenters. The summed E-state index contributed by atoms with van der Waals surface area (Å²) in [5.74, 6) is 0.126. The first-order valence-corrected chi connectivity index (χ1v) is 7.24. The fraction of sp³-hybridized carbons (Fsp3) is 0.857. The van der Waals surface area contributed by atoms with Gasteiger partial charge in [-0.15, -0.1) is 0 Å². The number of carbonyl (C=O) groups is 2. The lowest BCUT2D eigenvalue weighted by Gasteiger charge is -2.21. The summed E-state index contributed by atoms with van der Waals surface area (Å²) in [6.07, 6.45) is 6.27. The molecule has 1 N–H and O–H groups in total. The number of nitrogens with one attached hydrogen (secondary N) is 1. The molecule has 2 amide bonds. The van der Waals surface area contributed by atoms with E-state index in [4.69, 9.17) is 0 Å². The van der Waals surface area contributed by atoms with Crippen LogP contribution in [0.3, 0.4) is 0 Å². The second-order valence-electron chi connectivity index (χ2n) is 5.03. The molecular weight excluding hydrogens is 228 g/mol. The van der Waals surface area contributed by atoms with Gasteiger partial charge in [0.25, 0.3) is 0 Å². The fourth-order valence-electron chi connectivity index (χ4n) is 2.40. The van der Waals surface area contributed by atoms with E-state index in [9.17, 15) is 9.59 Å². The Morgan fingerprint density at radius 3 is 2.11 bits per heavy atom. The lowest BCUT2D eigenvalue weighted by atomic mass is 10.0. The molecule has 18 heavy (non-hydrogen) atoms. The molecule has 0 aromatic carbocycles. The van der Waals surface area contributed by atoms with Crippen molar-refractivity contribution in [3.63, 3.8) is 0 Å². The van der Waals surface area contributed by atoms with Crippen molar-refractivity contribution in [1.82, 2.24) is 10.2 Å². The molecule has 1 fully saturated rings. The zero-order chi connectivity index (χ0) is 13.4. The highest BCUT2D eigenvalue weighted by Crippen LogP contribution is 2.10. The zero-order valence-electron chi connectivity index (χ0n) is 11.7. The van der Waals surface area contributed by atoms with Crippen molar-refractivity contribution in [2.24, 2.45) is 5.92 Å². The van der Waals surface area contributed by atoms with Crippen molar-refractivity contribution >= 4 is 11.8 Å². The smallest absolute Gasteiger partial charge is 0.241 e. The van der Waals surface area contributed by atoms with Crippen LogP contribution in [-0.2, 0) is 9.59 Å². The van der Waals surface area contributed by atoms with Crippen molar-refractivity contribution < 1.29 is 9.59 Å². The number of nitrogens with zero attached hydrogens (tertiary/aromatic N) is 1. The molecule has 0 saturated carbocycles. The van der Waals surface area contributed by atoms with Crippen LogP contribution in [0, 0.1) is 5.92 Å². The quantitative estimate of drug-likeness (QED) is 0.815. The highest BCUT2D eigenvalue weighted by molar-refractivity contribution is 5.85. The molecule has 0 aromatic rings. The van der Waals surface area contributed by atoms with E-state index in [0.717, 1.165) is 38.8 Å². The van der Waals surface area contributed by atoms with E-state index < -0.39 is 0 Å². The van der Waals surface area contributed by atoms with Gasteiger partial charge in [-0.05, 0) is 25.7 Å². The summed E-state index contributed by atoms with van der Waals surface area (Å²) < 4.78 is 0. The minimum absolute atomic E-state index is 0.0168. The van der Waals surface area contributed by atoms with E-state index in [-0.39, 0.29) is 24.3 Å². The molecular formula is C14H26N2O2. The standard InChI is InChI=1S/C14H26N2O2/c1-3-12(4-2)14(18)15-11-13(17)16-9-7-5-6-8-10-16/h12H,3-11H2,1-2H3,(H,15,18). The van der Waals surface area contributed by atoms with Gasteiger partial charge in [0, 0.05) is 19.0 Å². The van der Waals surface area contributed by atoms with E-state index in [1.54, 1.807) is 0 Å². The highest BCUT2D eigenvalue weighted by Gasteiger charge is 2.18.